The molecule has 17 heteroatoms. The number of ether oxygens (including phenoxy) is 2. The molecule has 4 N–H and O–H groups in total. The van der Waals surface area contributed by atoms with Crippen LogP contribution in [-0.4, -0.2) is 140 Å². The maximum Gasteiger partial charge on any atom is 0.258 e. The molecule has 5 aliphatic rings. The summed E-state index contributed by atoms with van der Waals surface area (Å²) in [5, 5.41) is 20.8. The number of carbonyl (C=O) groups is 2. The highest BCUT2D eigenvalue weighted by Gasteiger charge is 2.41. The van der Waals surface area contributed by atoms with Crippen molar-refractivity contribution in [1.29, 1.82) is 0 Å². The molecule has 1 atom stereocenters. The van der Waals surface area contributed by atoms with E-state index in [9.17, 15) is 19.8 Å². The van der Waals surface area contributed by atoms with E-state index in [4.69, 9.17) is 25.2 Å². The summed E-state index contributed by atoms with van der Waals surface area (Å²) in [7, 11) is 0. The summed E-state index contributed by atoms with van der Waals surface area (Å²) in [4.78, 5) is 57.9. The third-order valence-electron chi connectivity index (χ3n) is 14.2. The molecular formula is C48H58N10O6S. The highest BCUT2D eigenvalue weighted by molar-refractivity contribution is 7.19. The van der Waals surface area contributed by atoms with Crippen LogP contribution in [0, 0.1) is 5.41 Å². The van der Waals surface area contributed by atoms with Gasteiger partial charge < -0.3 is 40.1 Å². The van der Waals surface area contributed by atoms with Gasteiger partial charge in [-0.2, -0.15) is 0 Å². The van der Waals surface area contributed by atoms with E-state index < -0.39 is 6.10 Å². The van der Waals surface area contributed by atoms with Crippen LogP contribution in [0.25, 0.3) is 21.6 Å². The van der Waals surface area contributed by atoms with Gasteiger partial charge in [0.25, 0.3) is 11.8 Å². The zero-order chi connectivity index (χ0) is 44.8. The lowest BCUT2D eigenvalue weighted by Gasteiger charge is -2.47. The molecule has 0 unspecified atom stereocenters. The van der Waals surface area contributed by atoms with Crippen LogP contribution in [0.2, 0.25) is 0 Å². The van der Waals surface area contributed by atoms with Crippen LogP contribution in [0.3, 0.4) is 0 Å². The van der Waals surface area contributed by atoms with Crippen molar-refractivity contribution >= 4 is 45.1 Å². The topological polar surface area (TPSA) is 187 Å². The van der Waals surface area contributed by atoms with Crippen molar-refractivity contribution in [2.45, 2.75) is 77.7 Å². The van der Waals surface area contributed by atoms with Gasteiger partial charge in [-0.15, -0.1) is 11.3 Å². The SMILES string of the molecule is CC(C)c1cc(C(=O)N2Cc3ccc(CN4CCC5(CC4)CCN(C(=O)[C@@H]4CN(Cc6cc7nc(-c8cnc(N)nc8)nc(N8CCOCC8)c7s6)CCO4)CC5)cc3C2)c(O)cc1O. The number of carbonyl (C=O) groups excluding carboxylic acids is 2. The van der Waals surface area contributed by atoms with Crippen LogP contribution in [0.4, 0.5) is 11.8 Å². The Balaban J connectivity index is 0.715. The Morgan fingerprint density at radius 2 is 1.57 bits per heavy atom. The van der Waals surface area contributed by atoms with Crippen LogP contribution >= 0.6 is 11.3 Å². The van der Waals surface area contributed by atoms with Crippen molar-refractivity contribution in [3.8, 4) is 22.9 Å². The van der Waals surface area contributed by atoms with Crippen LogP contribution in [-0.2, 0) is 40.4 Å². The van der Waals surface area contributed by atoms with Crippen molar-refractivity contribution in [3.63, 3.8) is 0 Å². The average Bonchev–Trinajstić information content (AvgIpc) is 3.94. The molecule has 2 aromatic carbocycles. The number of thiophene rings is 1. The first-order chi connectivity index (χ1) is 31.5. The zero-order valence-electron chi connectivity index (χ0n) is 37.2. The van der Waals surface area contributed by atoms with Crippen molar-refractivity contribution < 1.29 is 29.3 Å². The second-order valence-corrected chi connectivity index (χ2v) is 19.9. The average molecular weight is 903 g/mol. The molecule has 3 aromatic heterocycles. The van der Waals surface area contributed by atoms with E-state index in [-0.39, 0.29) is 46.2 Å². The number of nitrogens with two attached hydrogens (primary N) is 1. The minimum atomic E-state index is -0.481. The molecule has 0 saturated carbocycles. The molecule has 2 amide bonds. The third kappa shape index (κ3) is 9.08. The number of morpholine rings is 2. The summed E-state index contributed by atoms with van der Waals surface area (Å²) in [6.07, 6.45) is 7.10. The standard InChI is InChI=1S/C48H58N10O6S/c1-30(2)36-21-37(40(60)22-39(36)59)45(61)58-26-32-4-3-31(19-33(32)27-58)25-54-9-5-48(6-10-54)7-11-57(12-8-48)46(62)41-29-55(13-18-64-41)28-35-20-38-42(65-35)44(56-14-16-63-17-15-56)53-43(52-38)34-23-50-47(49)51-24-34/h3-4,19-24,30,41,59-60H,5-18,25-29H2,1-2H3,(H2,49,50,51)/t41-/m0/s1. The number of fused-ring (bicyclic) bond motifs is 2. The first-order valence-electron chi connectivity index (χ1n) is 23.0. The molecule has 4 saturated heterocycles. The lowest BCUT2D eigenvalue weighted by atomic mass is 9.71. The molecule has 342 valence electrons. The van der Waals surface area contributed by atoms with E-state index in [1.165, 1.54) is 11.6 Å². The van der Waals surface area contributed by atoms with E-state index in [0.717, 1.165) is 110 Å². The molecule has 8 heterocycles. The van der Waals surface area contributed by atoms with Gasteiger partial charge in [-0.05, 0) is 84.5 Å². The quantitative estimate of drug-likeness (QED) is 0.172. The smallest absolute Gasteiger partial charge is 0.258 e. The normalized spacial score (nSPS) is 20.5. The molecule has 16 nitrogen and oxygen atoms in total. The minimum absolute atomic E-state index is 0.00380. The number of nitrogens with zero attached hydrogens (tertiary/aromatic N) is 9. The lowest BCUT2D eigenvalue weighted by Crippen LogP contribution is -2.54. The first kappa shape index (κ1) is 43.4. The van der Waals surface area contributed by atoms with Gasteiger partial charge in [0.2, 0.25) is 5.95 Å². The van der Waals surface area contributed by atoms with E-state index in [2.05, 4.69) is 48.9 Å². The predicted molar refractivity (Wildman–Crippen MR) is 248 cm³/mol. The maximum atomic E-state index is 14.0. The third-order valence-corrected chi connectivity index (χ3v) is 15.3. The zero-order valence-corrected chi connectivity index (χ0v) is 38.1. The second kappa shape index (κ2) is 18.1. The van der Waals surface area contributed by atoms with Gasteiger partial charge in [-0.3, -0.25) is 19.4 Å². The fraction of sp³-hybridized carbons (Fsp3) is 0.500. The molecule has 0 radical (unpaired) electrons. The first-order valence-corrected chi connectivity index (χ1v) is 23.8. The molecule has 0 bridgehead atoms. The largest absolute Gasteiger partial charge is 0.508 e. The van der Waals surface area contributed by atoms with Crippen LogP contribution in [0.5, 0.6) is 11.5 Å². The summed E-state index contributed by atoms with van der Waals surface area (Å²) >= 11 is 1.71. The van der Waals surface area contributed by atoms with Gasteiger partial charge in [-0.25, -0.2) is 19.9 Å². The van der Waals surface area contributed by atoms with Gasteiger partial charge >= 0.3 is 0 Å². The van der Waals surface area contributed by atoms with E-state index in [1.54, 1.807) is 34.7 Å². The summed E-state index contributed by atoms with van der Waals surface area (Å²) in [5.41, 5.74) is 12.0. The van der Waals surface area contributed by atoms with Crippen molar-refractivity contribution in [2.75, 3.05) is 82.8 Å². The Morgan fingerprint density at radius 3 is 2.32 bits per heavy atom. The van der Waals surface area contributed by atoms with E-state index in [1.807, 2.05) is 18.7 Å². The molecule has 65 heavy (non-hydrogen) atoms. The number of nitrogen functional groups attached to an aromatic ring is 1. The molecule has 0 aliphatic carbocycles. The number of piperidine rings is 2. The molecule has 5 aromatic rings. The number of aromatic nitrogens is 4. The Kier molecular flexibility index (Phi) is 12.1. The van der Waals surface area contributed by atoms with Crippen molar-refractivity contribution in [2.24, 2.45) is 5.41 Å². The summed E-state index contributed by atoms with van der Waals surface area (Å²) < 4.78 is 12.8. The summed E-state index contributed by atoms with van der Waals surface area (Å²) in [6, 6.07) is 11.6. The number of anilines is 2. The number of rotatable bonds is 9. The Labute approximate surface area is 383 Å². The fourth-order valence-corrected chi connectivity index (χ4v) is 11.4. The number of hydrogen-bond donors (Lipinski definition) is 3. The predicted octanol–water partition coefficient (Wildman–Crippen LogP) is 5.36. The van der Waals surface area contributed by atoms with Gasteiger partial charge in [0.05, 0.1) is 41.2 Å². The number of hydrogen-bond acceptors (Lipinski definition) is 15. The van der Waals surface area contributed by atoms with E-state index >= 15 is 0 Å². The highest BCUT2D eigenvalue weighted by atomic mass is 32.1. The summed E-state index contributed by atoms with van der Waals surface area (Å²) in [6.45, 7) is 14.6. The molecular weight excluding hydrogens is 845 g/mol. The molecule has 4 fully saturated rings. The number of phenolic OH excluding ortho intramolecular Hbond substituents is 2. The molecule has 1 spiro atoms. The van der Waals surface area contributed by atoms with E-state index in [0.29, 0.717) is 63.0 Å². The van der Waals surface area contributed by atoms with Crippen LogP contribution < -0.4 is 10.6 Å². The number of phenols is 2. The minimum Gasteiger partial charge on any atom is -0.508 e. The lowest BCUT2D eigenvalue weighted by molar-refractivity contribution is -0.152. The van der Waals surface area contributed by atoms with Crippen LogP contribution in [0.15, 0.2) is 48.8 Å². The molecule has 10 rings (SSSR count). The molecule has 5 aliphatic heterocycles. The Hall–Kier alpha value is -5.46. The van der Waals surface area contributed by atoms with Crippen molar-refractivity contribution in [1.82, 2.24) is 39.5 Å². The van der Waals surface area contributed by atoms with Gasteiger partial charge in [0.1, 0.15) is 17.6 Å². The number of aromatic hydroxyl groups is 2. The second-order valence-electron chi connectivity index (χ2n) is 18.8. The number of likely N-dealkylation sites (tertiary alicyclic amines) is 2. The van der Waals surface area contributed by atoms with Crippen molar-refractivity contribution in [3.05, 3.63) is 81.5 Å². The summed E-state index contributed by atoms with van der Waals surface area (Å²) in [5.74, 6) is 1.35. The van der Waals surface area contributed by atoms with Gasteiger partial charge in [0, 0.05) is 88.8 Å². The highest BCUT2D eigenvalue weighted by Crippen LogP contribution is 2.42. The Bertz CT molecular complexity index is 2560. The maximum absolute atomic E-state index is 14.0. The fourth-order valence-electron chi connectivity index (χ4n) is 10.3. The van der Waals surface area contributed by atoms with Gasteiger partial charge in [-0.1, -0.05) is 32.0 Å². The van der Waals surface area contributed by atoms with Crippen LogP contribution in [0.1, 0.15) is 82.9 Å². The monoisotopic (exact) mass is 902 g/mol. The Morgan fingerprint density at radius 1 is 0.831 bits per heavy atom. The number of amides is 2. The van der Waals surface area contributed by atoms with Gasteiger partial charge in [0.15, 0.2) is 11.6 Å². The number of benzene rings is 2.